The van der Waals surface area contributed by atoms with Crippen molar-refractivity contribution in [2.24, 2.45) is 0 Å². The molecule has 1 N–H and O–H groups in total. The van der Waals surface area contributed by atoms with Gasteiger partial charge >= 0.3 is 0 Å². The van der Waals surface area contributed by atoms with Crippen LogP contribution in [-0.2, 0) is 4.79 Å². The van der Waals surface area contributed by atoms with Crippen molar-refractivity contribution in [2.75, 3.05) is 5.32 Å². The van der Waals surface area contributed by atoms with Crippen LogP contribution in [0.1, 0.15) is 29.2 Å². The lowest BCUT2D eigenvalue weighted by molar-refractivity contribution is -0.116. The van der Waals surface area contributed by atoms with E-state index in [9.17, 15) is 4.79 Å². The topological polar surface area (TPSA) is 72.7 Å². The first-order valence-electron chi connectivity index (χ1n) is 7.56. The normalized spacial score (nSPS) is 16.6. The van der Waals surface area contributed by atoms with E-state index in [1.165, 1.54) is 0 Å². The molecule has 1 aromatic carbocycles. The van der Waals surface area contributed by atoms with Gasteiger partial charge in [-0.2, -0.15) is 9.78 Å². The molecule has 0 fully saturated rings. The Morgan fingerprint density at radius 1 is 1.21 bits per heavy atom. The molecule has 4 rings (SSSR count). The molecule has 2 aromatic heterocycles. The van der Waals surface area contributed by atoms with Crippen LogP contribution < -0.4 is 5.32 Å². The maximum atomic E-state index is 12.3. The van der Waals surface area contributed by atoms with E-state index in [1.807, 2.05) is 31.2 Å². The quantitative estimate of drug-likeness (QED) is 0.737. The van der Waals surface area contributed by atoms with Crippen LogP contribution in [0.25, 0.3) is 5.95 Å². The van der Waals surface area contributed by atoms with E-state index < -0.39 is 0 Å². The van der Waals surface area contributed by atoms with Crippen LogP contribution in [0, 0.1) is 6.92 Å². The minimum absolute atomic E-state index is 0.0414. The van der Waals surface area contributed by atoms with Crippen LogP contribution in [0.3, 0.4) is 0 Å². The van der Waals surface area contributed by atoms with Crippen molar-refractivity contribution in [2.45, 2.75) is 19.3 Å². The van der Waals surface area contributed by atoms with Crippen molar-refractivity contribution in [3.8, 4) is 5.95 Å². The van der Waals surface area contributed by atoms with E-state index in [1.54, 1.807) is 23.1 Å². The predicted octanol–water partition coefficient (Wildman–Crippen LogP) is 3.21. The summed E-state index contributed by atoms with van der Waals surface area (Å²) in [4.78, 5) is 20.8. The summed E-state index contributed by atoms with van der Waals surface area (Å²) in [7, 11) is 0. The van der Waals surface area contributed by atoms with Crippen LogP contribution in [0.5, 0.6) is 0 Å². The molecule has 0 aliphatic carbocycles. The fourth-order valence-electron chi connectivity index (χ4n) is 3.12. The summed E-state index contributed by atoms with van der Waals surface area (Å²) >= 11 is 3.60. The molecule has 0 spiro atoms. The highest BCUT2D eigenvalue weighted by Gasteiger charge is 2.33. The van der Waals surface area contributed by atoms with Crippen LogP contribution in [0.4, 0.5) is 5.82 Å². The molecule has 6 nitrogen and oxygen atoms in total. The third-order valence-corrected chi connectivity index (χ3v) is 4.85. The number of hydrogen-bond acceptors (Lipinski definition) is 4. The predicted molar refractivity (Wildman–Crippen MR) is 93.1 cm³/mol. The Morgan fingerprint density at radius 3 is 2.71 bits per heavy atom. The fourth-order valence-corrected chi connectivity index (χ4v) is 3.68. The van der Waals surface area contributed by atoms with Gasteiger partial charge in [-0.05, 0) is 24.6 Å². The van der Waals surface area contributed by atoms with Gasteiger partial charge in [0, 0.05) is 34.8 Å². The Morgan fingerprint density at radius 2 is 1.96 bits per heavy atom. The fraction of sp³-hybridized carbons (Fsp3) is 0.176. The molecule has 1 amide bonds. The largest absolute Gasteiger partial charge is 0.310 e. The van der Waals surface area contributed by atoms with Gasteiger partial charge in [0.15, 0.2) is 0 Å². The van der Waals surface area contributed by atoms with E-state index in [0.29, 0.717) is 18.2 Å². The Bertz CT molecular complexity index is 922. The van der Waals surface area contributed by atoms with E-state index in [2.05, 4.69) is 36.3 Å². The third kappa shape index (κ3) is 2.41. The first kappa shape index (κ1) is 15.0. The van der Waals surface area contributed by atoms with Gasteiger partial charge in [0.1, 0.15) is 5.82 Å². The number of aromatic nitrogens is 4. The highest BCUT2D eigenvalue weighted by molar-refractivity contribution is 9.10. The SMILES string of the molecule is Cc1nn(-c2ncccn2)c2c1[C@@H](c1ccccc1Br)CC(=O)N2. The zero-order valence-corrected chi connectivity index (χ0v) is 14.5. The lowest BCUT2D eigenvalue weighted by Gasteiger charge is -2.24. The molecule has 1 aliphatic rings. The molecule has 1 atom stereocenters. The molecule has 120 valence electrons. The number of nitrogens with zero attached hydrogens (tertiary/aromatic N) is 4. The van der Waals surface area contributed by atoms with Crippen molar-refractivity contribution in [3.05, 3.63) is 64.0 Å². The smallest absolute Gasteiger partial charge is 0.252 e. The van der Waals surface area contributed by atoms with Gasteiger partial charge < -0.3 is 5.32 Å². The zero-order valence-electron chi connectivity index (χ0n) is 12.9. The minimum Gasteiger partial charge on any atom is -0.310 e. The monoisotopic (exact) mass is 383 g/mol. The summed E-state index contributed by atoms with van der Waals surface area (Å²) in [6, 6.07) is 9.71. The molecule has 0 bridgehead atoms. The average Bonchev–Trinajstić information content (AvgIpc) is 2.92. The molecule has 3 aromatic rings. The average molecular weight is 384 g/mol. The standard InChI is InChI=1S/C17H14BrN5O/c1-10-15-12(11-5-2-3-6-13(11)18)9-14(24)21-16(15)23(22-10)17-19-7-4-8-20-17/h2-8,12H,9H2,1H3,(H,21,24)/t12-/m1/s1. The highest BCUT2D eigenvalue weighted by Crippen LogP contribution is 2.41. The summed E-state index contributed by atoms with van der Waals surface area (Å²) in [6.07, 6.45) is 3.70. The van der Waals surface area contributed by atoms with E-state index in [-0.39, 0.29) is 11.8 Å². The number of fused-ring (bicyclic) bond motifs is 1. The number of carbonyl (C=O) groups excluding carboxylic acids is 1. The van der Waals surface area contributed by atoms with Gasteiger partial charge in [-0.25, -0.2) is 9.97 Å². The third-order valence-electron chi connectivity index (χ3n) is 4.12. The van der Waals surface area contributed by atoms with Crippen molar-refractivity contribution >= 4 is 27.7 Å². The van der Waals surface area contributed by atoms with Crippen LogP contribution >= 0.6 is 15.9 Å². The Balaban J connectivity index is 1.91. The van der Waals surface area contributed by atoms with E-state index >= 15 is 0 Å². The Hall–Kier alpha value is -2.54. The molecular weight excluding hydrogens is 370 g/mol. The molecule has 0 radical (unpaired) electrons. The number of hydrogen-bond donors (Lipinski definition) is 1. The van der Waals surface area contributed by atoms with Gasteiger partial charge in [0.2, 0.25) is 5.91 Å². The molecule has 1 aliphatic heterocycles. The highest BCUT2D eigenvalue weighted by atomic mass is 79.9. The first-order valence-corrected chi connectivity index (χ1v) is 8.35. The van der Waals surface area contributed by atoms with Gasteiger partial charge in [0.25, 0.3) is 5.95 Å². The van der Waals surface area contributed by atoms with Crippen molar-refractivity contribution < 1.29 is 4.79 Å². The molecule has 24 heavy (non-hydrogen) atoms. The second-order valence-corrected chi connectivity index (χ2v) is 6.49. The second-order valence-electron chi connectivity index (χ2n) is 5.63. The van der Waals surface area contributed by atoms with E-state index in [4.69, 9.17) is 0 Å². The maximum Gasteiger partial charge on any atom is 0.252 e. The maximum absolute atomic E-state index is 12.3. The number of anilines is 1. The lowest BCUT2D eigenvalue weighted by Crippen LogP contribution is -2.25. The van der Waals surface area contributed by atoms with Crippen LogP contribution in [0.15, 0.2) is 47.2 Å². The molecule has 3 heterocycles. The molecule has 0 saturated carbocycles. The van der Waals surface area contributed by atoms with Crippen molar-refractivity contribution in [1.29, 1.82) is 0 Å². The molecule has 0 unspecified atom stereocenters. The number of amides is 1. The number of nitrogens with one attached hydrogen (secondary N) is 1. The van der Waals surface area contributed by atoms with Gasteiger partial charge in [-0.1, -0.05) is 34.1 Å². The number of aryl methyl sites for hydroxylation is 1. The minimum atomic E-state index is -0.0539. The summed E-state index contributed by atoms with van der Waals surface area (Å²) in [5.41, 5.74) is 2.94. The summed E-state index contributed by atoms with van der Waals surface area (Å²) in [6.45, 7) is 1.94. The van der Waals surface area contributed by atoms with E-state index in [0.717, 1.165) is 21.3 Å². The Kier molecular flexibility index (Phi) is 3.65. The molecule has 0 saturated heterocycles. The van der Waals surface area contributed by atoms with Gasteiger partial charge in [0.05, 0.1) is 5.69 Å². The number of carbonyl (C=O) groups is 1. The second kappa shape index (κ2) is 5.83. The zero-order chi connectivity index (χ0) is 16.7. The van der Waals surface area contributed by atoms with Crippen molar-refractivity contribution in [1.82, 2.24) is 19.7 Å². The number of rotatable bonds is 2. The van der Waals surface area contributed by atoms with Gasteiger partial charge in [-0.3, -0.25) is 4.79 Å². The molecule has 7 heteroatoms. The van der Waals surface area contributed by atoms with Crippen LogP contribution in [-0.4, -0.2) is 25.7 Å². The van der Waals surface area contributed by atoms with Crippen LogP contribution in [0.2, 0.25) is 0 Å². The summed E-state index contributed by atoms with van der Waals surface area (Å²) < 4.78 is 2.59. The molecular formula is C17H14BrN5O. The first-order chi connectivity index (χ1) is 11.6. The Labute approximate surface area is 147 Å². The number of benzene rings is 1. The summed E-state index contributed by atoms with van der Waals surface area (Å²) in [5.74, 6) is 0.993. The number of halogens is 1. The lowest BCUT2D eigenvalue weighted by atomic mass is 9.86. The summed E-state index contributed by atoms with van der Waals surface area (Å²) in [5, 5.41) is 7.50. The van der Waals surface area contributed by atoms with Gasteiger partial charge in [-0.15, -0.1) is 0 Å². The van der Waals surface area contributed by atoms with Crippen molar-refractivity contribution in [3.63, 3.8) is 0 Å².